The van der Waals surface area contributed by atoms with Crippen LogP contribution in [0.1, 0.15) is 31.0 Å². The number of rotatable bonds is 8. The predicted molar refractivity (Wildman–Crippen MR) is 124 cm³/mol. The molecule has 1 aliphatic rings. The van der Waals surface area contributed by atoms with Crippen LogP contribution in [0, 0.1) is 0 Å². The molecule has 1 aliphatic heterocycles. The van der Waals surface area contributed by atoms with E-state index >= 15 is 0 Å². The molecule has 2 aromatic carbocycles. The summed E-state index contributed by atoms with van der Waals surface area (Å²) in [6.07, 6.45) is 0. The van der Waals surface area contributed by atoms with Gasteiger partial charge in [0, 0.05) is 38.4 Å². The summed E-state index contributed by atoms with van der Waals surface area (Å²) in [4.78, 5) is 31.8. The van der Waals surface area contributed by atoms with Gasteiger partial charge in [0.25, 0.3) is 11.7 Å². The first-order chi connectivity index (χ1) is 14.9. The van der Waals surface area contributed by atoms with Crippen molar-refractivity contribution < 1.29 is 14.7 Å². The molecule has 1 amide bonds. The number of aliphatic hydroxyl groups excluding tert-OH is 1. The minimum absolute atomic E-state index is 0.133. The topological polar surface area (TPSA) is 64.1 Å². The van der Waals surface area contributed by atoms with E-state index in [1.165, 1.54) is 0 Å². The molecule has 0 radical (unpaired) electrons. The van der Waals surface area contributed by atoms with E-state index < -0.39 is 17.7 Å². The van der Waals surface area contributed by atoms with Crippen LogP contribution < -0.4 is 4.90 Å². The molecule has 1 N–H and O–H groups in total. The monoisotopic (exact) mass is 421 g/mol. The van der Waals surface area contributed by atoms with Crippen molar-refractivity contribution in [2.75, 3.05) is 45.2 Å². The van der Waals surface area contributed by atoms with Crippen LogP contribution in [0.15, 0.2) is 60.2 Å². The molecule has 0 bridgehead atoms. The lowest BCUT2D eigenvalue weighted by Gasteiger charge is -2.28. The lowest BCUT2D eigenvalue weighted by atomic mass is 9.95. The highest BCUT2D eigenvalue weighted by Crippen LogP contribution is 2.39. The number of anilines is 1. The van der Waals surface area contributed by atoms with Gasteiger partial charge in [-0.1, -0.05) is 56.3 Å². The van der Waals surface area contributed by atoms with Gasteiger partial charge in [-0.25, -0.2) is 0 Å². The maximum atomic E-state index is 13.0. The Labute approximate surface area is 184 Å². The quantitative estimate of drug-likeness (QED) is 0.401. The molecule has 1 atom stereocenters. The summed E-state index contributed by atoms with van der Waals surface area (Å²) >= 11 is 0. The van der Waals surface area contributed by atoms with Gasteiger partial charge in [-0.3, -0.25) is 9.59 Å². The van der Waals surface area contributed by atoms with Crippen molar-refractivity contribution in [1.82, 2.24) is 9.80 Å². The number of carbonyl (C=O) groups excluding carboxylic acids is 2. The Balaban J connectivity index is 2.08. The molecule has 0 spiro atoms. The zero-order chi connectivity index (χ0) is 22.5. The normalized spacial score (nSPS) is 18.1. The minimum Gasteiger partial charge on any atom is -0.507 e. The lowest BCUT2D eigenvalue weighted by Crippen LogP contribution is -2.38. The van der Waals surface area contributed by atoms with E-state index in [4.69, 9.17) is 0 Å². The standard InChI is InChI=1S/C25H31N3O3/c1-5-27(6-2)16-17-28-22(18-12-14-20(15-13-18)26(3)4)21(24(30)25(28)31)23(29)19-10-8-7-9-11-19/h7-15,22,29H,5-6,16-17H2,1-4H3/b23-21+/t22-/m1/s1. The van der Waals surface area contributed by atoms with E-state index in [0.29, 0.717) is 18.7 Å². The Morgan fingerprint density at radius 1 is 0.968 bits per heavy atom. The average Bonchev–Trinajstić information content (AvgIpc) is 3.04. The molecule has 6 heteroatoms. The smallest absolute Gasteiger partial charge is 0.295 e. The van der Waals surface area contributed by atoms with Crippen molar-refractivity contribution in [3.05, 3.63) is 71.3 Å². The number of amides is 1. The van der Waals surface area contributed by atoms with Gasteiger partial charge in [-0.2, -0.15) is 0 Å². The highest BCUT2D eigenvalue weighted by Gasteiger charge is 2.45. The average molecular weight is 422 g/mol. The number of likely N-dealkylation sites (N-methyl/N-ethyl adjacent to an activating group) is 1. The molecule has 1 fully saturated rings. The summed E-state index contributed by atoms with van der Waals surface area (Å²) in [6, 6.07) is 16.1. The van der Waals surface area contributed by atoms with Crippen LogP contribution in [0.4, 0.5) is 5.69 Å². The summed E-state index contributed by atoms with van der Waals surface area (Å²) < 4.78 is 0. The second kappa shape index (κ2) is 9.79. The number of benzene rings is 2. The van der Waals surface area contributed by atoms with Gasteiger partial charge in [0.05, 0.1) is 11.6 Å². The second-order valence-electron chi connectivity index (χ2n) is 7.87. The first-order valence-electron chi connectivity index (χ1n) is 10.7. The Hall–Kier alpha value is -3.12. The van der Waals surface area contributed by atoms with E-state index in [1.54, 1.807) is 29.2 Å². The van der Waals surface area contributed by atoms with E-state index in [1.807, 2.05) is 49.3 Å². The van der Waals surface area contributed by atoms with Crippen LogP contribution in [-0.4, -0.2) is 66.9 Å². The minimum atomic E-state index is -0.636. The fourth-order valence-electron chi connectivity index (χ4n) is 3.95. The maximum absolute atomic E-state index is 13.0. The number of ketones is 1. The van der Waals surface area contributed by atoms with Crippen LogP contribution in [0.2, 0.25) is 0 Å². The number of hydrogen-bond donors (Lipinski definition) is 1. The molecular weight excluding hydrogens is 390 g/mol. The van der Waals surface area contributed by atoms with Gasteiger partial charge < -0.3 is 19.8 Å². The van der Waals surface area contributed by atoms with Crippen molar-refractivity contribution in [2.24, 2.45) is 0 Å². The number of hydrogen-bond acceptors (Lipinski definition) is 5. The summed E-state index contributed by atoms with van der Waals surface area (Å²) in [7, 11) is 3.92. The van der Waals surface area contributed by atoms with Crippen molar-refractivity contribution >= 4 is 23.1 Å². The molecule has 6 nitrogen and oxygen atoms in total. The molecule has 0 unspecified atom stereocenters. The van der Waals surface area contributed by atoms with Gasteiger partial charge in [-0.05, 0) is 30.8 Å². The lowest BCUT2D eigenvalue weighted by molar-refractivity contribution is -0.140. The zero-order valence-corrected chi connectivity index (χ0v) is 18.7. The second-order valence-corrected chi connectivity index (χ2v) is 7.87. The highest BCUT2D eigenvalue weighted by atomic mass is 16.3. The fraction of sp³-hybridized carbons (Fsp3) is 0.360. The molecule has 1 heterocycles. The number of carbonyl (C=O) groups is 2. The van der Waals surface area contributed by atoms with Crippen LogP contribution in [0.3, 0.4) is 0 Å². The van der Waals surface area contributed by atoms with Gasteiger partial charge in [0.2, 0.25) is 0 Å². The molecule has 0 saturated carbocycles. The van der Waals surface area contributed by atoms with Crippen LogP contribution in [0.5, 0.6) is 0 Å². The van der Waals surface area contributed by atoms with Gasteiger partial charge in [0.1, 0.15) is 5.76 Å². The first-order valence-corrected chi connectivity index (χ1v) is 10.7. The third kappa shape index (κ3) is 4.64. The largest absolute Gasteiger partial charge is 0.507 e. The molecule has 0 aromatic heterocycles. The van der Waals surface area contributed by atoms with Crippen molar-refractivity contribution in [3.63, 3.8) is 0 Å². The Kier molecular flexibility index (Phi) is 7.13. The summed E-state index contributed by atoms with van der Waals surface area (Å²) in [5.74, 6) is -1.33. The van der Waals surface area contributed by atoms with Crippen LogP contribution in [0.25, 0.3) is 5.76 Å². The van der Waals surface area contributed by atoms with Gasteiger partial charge >= 0.3 is 0 Å². The van der Waals surface area contributed by atoms with Gasteiger partial charge in [-0.15, -0.1) is 0 Å². The summed E-state index contributed by atoms with van der Waals surface area (Å²) in [5.41, 5.74) is 2.50. The van der Waals surface area contributed by atoms with E-state index in [2.05, 4.69) is 18.7 Å². The van der Waals surface area contributed by atoms with Crippen molar-refractivity contribution in [3.8, 4) is 0 Å². The summed E-state index contributed by atoms with van der Waals surface area (Å²) in [5, 5.41) is 11.0. The Morgan fingerprint density at radius 2 is 1.58 bits per heavy atom. The molecule has 2 aromatic rings. The molecule has 31 heavy (non-hydrogen) atoms. The third-order valence-corrected chi connectivity index (χ3v) is 5.86. The molecule has 1 saturated heterocycles. The SMILES string of the molecule is CCN(CC)CCN1C(=O)C(=O)/C(=C(/O)c2ccccc2)[C@H]1c1ccc(N(C)C)cc1. The van der Waals surface area contributed by atoms with E-state index in [0.717, 1.165) is 24.3 Å². The number of aliphatic hydroxyl groups is 1. The molecule has 0 aliphatic carbocycles. The zero-order valence-electron chi connectivity index (χ0n) is 18.7. The first kappa shape index (κ1) is 22.6. The maximum Gasteiger partial charge on any atom is 0.295 e. The van der Waals surface area contributed by atoms with Crippen LogP contribution >= 0.6 is 0 Å². The van der Waals surface area contributed by atoms with Gasteiger partial charge in [0.15, 0.2) is 0 Å². The molecular formula is C25H31N3O3. The van der Waals surface area contributed by atoms with E-state index in [-0.39, 0.29) is 11.3 Å². The molecule has 164 valence electrons. The molecule has 3 rings (SSSR count). The number of Topliss-reactive ketones (excluding diaryl/α,β-unsaturated/α-hetero) is 1. The van der Waals surface area contributed by atoms with Crippen LogP contribution in [-0.2, 0) is 9.59 Å². The van der Waals surface area contributed by atoms with E-state index in [9.17, 15) is 14.7 Å². The number of likely N-dealkylation sites (tertiary alicyclic amines) is 1. The fourth-order valence-corrected chi connectivity index (χ4v) is 3.95. The van der Waals surface area contributed by atoms with Crippen molar-refractivity contribution in [2.45, 2.75) is 19.9 Å². The Morgan fingerprint density at radius 3 is 2.13 bits per heavy atom. The number of nitrogens with zero attached hydrogens (tertiary/aromatic N) is 3. The predicted octanol–water partition coefficient (Wildman–Crippen LogP) is 3.52. The van der Waals surface area contributed by atoms with Crippen molar-refractivity contribution in [1.29, 1.82) is 0 Å². The third-order valence-electron chi connectivity index (χ3n) is 5.86. The highest BCUT2D eigenvalue weighted by molar-refractivity contribution is 6.46. The Bertz CT molecular complexity index is 948. The summed E-state index contributed by atoms with van der Waals surface area (Å²) in [6.45, 7) is 6.96.